The third kappa shape index (κ3) is 5.15. The van der Waals surface area contributed by atoms with E-state index in [2.05, 4.69) is 14.4 Å². The molecule has 1 saturated heterocycles. The van der Waals surface area contributed by atoms with E-state index in [4.69, 9.17) is 5.14 Å². The van der Waals surface area contributed by atoms with Crippen molar-refractivity contribution in [1.29, 1.82) is 0 Å². The Morgan fingerprint density at radius 3 is 2.43 bits per heavy atom. The fourth-order valence-corrected chi connectivity index (χ4v) is 3.23. The molecule has 0 bridgehead atoms. The van der Waals surface area contributed by atoms with Gasteiger partial charge in [-0.2, -0.15) is 8.42 Å². The number of amides is 3. The Morgan fingerprint density at radius 1 is 1.17 bits per heavy atom. The quantitative estimate of drug-likeness (QED) is 0.648. The number of anilines is 2. The van der Waals surface area contributed by atoms with Crippen LogP contribution in [-0.4, -0.2) is 43.1 Å². The Bertz CT molecular complexity index is 1080. The molecule has 14 heteroatoms. The number of nitrogens with two attached hydrogens (primary N) is 1. The number of nitrogens with one attached hydrogen (secondary N) is 1. The number of ether oxygens (including phenoxy) is 1. The zero-order valence-electron chi connectivity index (χ0n) is 15.0. The van der Waals surface area contributed by atoms with Crippen LogP contribution >= 0.6 is 0 Å². The molecule has 1 aliphatic rings. The summed E-state index contributed by atoms with van der Waals surface area (Å²) < 4.78 is 65.1. The van der Waals surface area contributed by atoms with E-state index < -0.39 is 34.3 Å². The van der Waals surface area contributed by atoms with Gasteiger partial charge in [-0.15, -0.1) is 13.2 Å². The minimum absolute atomic E-state index is 0.0346. The molecule has 160 valence electrons. The molecule has 2 aromatic rings. The largest absolute Gasteiger partial charge is 0.573 e. The van der Waals surface area contributed by atoms with Crippen LogP contribution in [0.3, 0.4) is 0 Å². The number of alkyl halides is 3. The lowest BCUT2D eigenvalue weighted by Crippen LogP contribution is -2.33. The van der Waals surface area contributed by atoms with Crippen LogP contribution in [0.15, 0.2) is 42.7 Å². The number of benzene rings is 1. The van der Waals surface area contributed by atoms with Gasteiger partial charge in [-0.25, -0.2) is 14.8 Å². The van der Waals surface area contributed by atoms with Gasteiger partial charge in [-0.3, -0.25) is 14.5 Å². The van der Waals surface area contributed by atoms with Crippen molar-refractivity contribution in [2.45, 2.75) is 12.9 Å². The number of halogens is 3. The van der Waals surface area contributed by atoms with Crippen LogP contribution in [0, 0.1) is 0 Å². The zero-order valence-corrected chi connectivity index (χ0v) is 15.8. The second kappa shape index (κ2) is 7.79. The van der Waals surface area contributed by atoms with Crippen LogP contribution in [0.1, 0.15) is 5.56 Å². The molecule has 0 atom stereocenters. The SMILES string of the molecule is NS(=O)(=O)Nc1cnccc1CN1CC(=O)N(c2ccc(OC(F)(F)F)cc2)C1=O. The summed E-state index contributed by atoms with van der Waals surface area (Å²) in [5.41, 5.74) is 0.419. The molecule has 0 aliphatic carbocycles. The average Bonchev–Trinajstić information content (AvgIpc) is 2.89. The van der Waals surface area contributed by atoms with Crippen molar-refractivity contribution in [3.8, 4) is 5.75 Å². The van der Waals surface area contributed by atoms with Crippen molar-refractivity contribution in [3.05, 3.63) is 48.3 Å². The van der Waals surface area contributed by atoms with Crippen LogP contribution in [0.5, 0.6) is 5.75 Å². The zero-order chi connectivity index (χ0) is 22.1. The fourth-order valence-electron chi connectivity index (χ4n) is 2.74. The van der Waals surface area contributed by atoms with Crippen LogP contribution in [0.25, 0.3) is 0 Å². The average molecular weight is 445 g/mol. The summed E-state index contributed by atoms with van der Waals surface area (Å²) >= 11 is 0. The maximum Gasteiger partial charge on any atom is 0.573 e. The highest BCUT2D eigenvalue weighted by atomic mass is 32.2. The van der Waals surface area contributed by atoms with Gasteiger partial charge < -0.3 is 9.64 Å². The second-order valence-electron chi connectivity index (χ2n) is 6.09. The molecule has 1 aliphatic heterocycles. The Morgan fingerprint density at radius 2 is 1.83 bits per heavy atom. The van der Waals surface area contributed by atoms with E-state index in [1.165, 1.54) is 18.5 Å². The summed E-state index contributed by atoms with van der Waals surface area (Å²) in [4.78, 5) is 30.7. The highest BCUT2D eigenvalue weighted by molar-refractivity contribution is 7.90. The molecular formula is C16H14F3N5O5S. The van der Waals surface area contributed by atoms with Crippen molar-refractivity contribution >= 4 is 33.5 Å². The molecule has 10 nitrogen and oxygen atoms in total. The lowest BCUT2D eigenvalue weighted by atomic mass is 10.2. The molecule has 30 heavy (non-hydrogen) atoms. The third-order valence-electron chi connectivity index (χ3n) is 3.89. The Balaban J connectivity index is 1.78. The molecule has 1 fully saturated rings. The van der Waals surface area contributed by atoms with Gasteiger partial charge in [0.2, 0.25) is 0 Å². The van der Waals surface area contributed by atoms with E-state index in [-0.39, 0.29) is 24.5 Å². The van der Waals surface area contributed by atoms with Crippen molar-refractivity contribution in [2.75, 3.05) is 16.2 Å². The van der Waals surface area contributed by atoms with Gasteiger partial charge in [0.15, 0.2) is 0 Å². The number of pyridine rings is 1. The van der Waals surface area contributed by atoms with E-state index in [9.17, 15) is 31.2 Å². The molecule has 1 aromatic carbocycles. The number of carbonyl (C=O) groups is 2. The van der Waals surface area contributed by atoms with E-state index in [1.807, 2.05) is 0 Å². The number of nitrogens with zero attached hydrogens (tertiary/aromatic N) is 3. The van der Waals surface area contributed by atoms with Gasteiger partial charge in [0.1, 0.15) is 12.3 Å². The fraction of sp³-hybridized carbons (Fsp3) is 0.188. The number of urea groups is 1. The minimum atomic E-state index is -4.87. The maximum absolute atomic E-state index is 12.7. The Hall–Kier alpha value is -3.39. The third-order valence-corrected chi connectivity index (χ3v) is 4.40. The summed E-state index contributed by atoms with van der Waals surface area (Å²) in [6, 6.07) is 4.94. The van der Waals surface area contributed by atoms with Crippen molar-refractivity contribution in [1.82, 2.24) is 9.88 Å². The topological polar surface area (TPSA) is 135 Å². The van der Waals surface area contributed by atoms with E-state index >= 15 is 0 Å². The van der Waals surface area contributed by atoms with Gasteiger partial charge in [0.25, 0.3) is 16.1 Å². The van der Waals surface area contributed by atoms with Gasteiger partial charge in [-0.1, -0.05) is 0 Å². The summed E-state index contributed by atoms with van der Waals surface area (Å²) in [6.45, 7) is -0.465. The smallest absolute Gasteiger partial charge is 0.406 e. The predicted molar refractivity (Wildman–Crippen MR) is 97.4 cm³/mol. The molecule has 3 N–H and O–H groups in total. The lowest BCUT2D eigenvalue weighted by molar-refractivity contribution is -0.274. The van der Waals surface area contributed by atoms with E-state index in [0.29, 0.717) is 5.56 Å². The monoisotopic (exact) mass is 445 g/mol. The van der Waals surface area contributed by atoms with Crippen molar-refractivity contribution < 1.29 is 35.9 Å². The Labute approximate surface area is 168 Å². The first kappa shape index (κ1) is 21.3. The molecule has 3 rings (SSSR count). The molecular weight excluding hydrogens is 431 g/mol. The lowest BCUT2D eigenvalue weighted by Gasteiger charge is -2.19. The van der Waals surface area contributed by atoms with Gasteiger partial charge in [0, 0.05) is 6.20 Å². The molecule has 3 amide bonds. The standard InChI is InChI=1S/C16H14F3N5O5S/c17-16(18,19)29-12-3-1-11(2-4-12)24-14(25)9-23(15(24)26)8-10-5-6-21-7-13(10)22-30(20,27)28/h1-7,22H,8-9H2,(H2,20,27,28). The minimum Gasteiger partial charge on any atom is -0.406 e. The number of imide groups is 1. The molecule has 0 spiro atoms. The normalized spacial score (nSPS) is 14.9. The number of carbonyl (C=O) groups excluding carboxylic acids is 2. The van der Waals surface area contributed by atoms with Crippen LogP contribution in [-0.2, 0) is 21.5 Å². The van der Waals surface area contributed by atoms with Gasteiger partial charge in [-0.05, 0) is 35.9 Å². The van der Waals surface area contributed by atoms with Crippen molar-refractivity contribution in [2.24, 2.45) is 5.14 Å². The summed E-state index contributed by atoms with van der Waals surface area (Å²) in [5, 5.41) is 4.95. The second-order valence-corrected chi connectivity index (χ2v) is 7.38. The summed E-state index contributed by atoms with van der Waals surface area (Å²) in [6.07, 6.45) is -2.31. The first-order chi connectivity index (χ1) is 13.9. The van der Waals surface area contributed by atoms with Gasteiger partial charge in [0.05, 0.1) is 24.1 Å². The highest BCUT2D eigenvalue weighted by Gasteiger charge is 2.37. The van der Waals surface area contributed by atoms with E-state index in [0.717, 1.165) is 34.1 Å². The molecule has 0 unspecified atom stereocenters. The molecule has 2 heterocycles. The molecule has 1 aromatic heterocycles. The predicted octanol–water partition coefficient (Wildman–Crippen LogP) is 1.56. The number of rotatable bonds is 6. The van der Waals surface area contributed by atoms with Crippen LogP contribution in [0.2, 0.25) is 0 Å². The van der Waals surface area contributed by atoms with Crippen LogP contribution in [0.4, 0.5) is 29.3 Å². The summed E-state index contributed by atoms with van der Waals surface area (Å²) in [5.74, 6) is -1.11. The highest BCUT2D eigenvalue weighted by Crippen LogP contribution is 2.28. The number of hydrogen-bond acceptors (Lipinski definition) is 6. The maximum atomic E-state index is 12.7. The summed E-state index contributed by atoms with van der Waals surface area (Å²) in [7, 11) is -4.09. The molecule has 0 radical (unpaired) electrons. The van der Waals surface area contributed by atoms with Gasteiger partial charge >= 0.3 is 12.4 Å². The van der Waals surface area contributed by atoms with Crippen molar-refractivity contribution in [3.63, 3.8) is 0 Å². The number of aromatic nitrogens is 1. The molecule has 0 saturated carbocycles. The first-order valence-electron chi connectivity index (χ1n) is 8.14. The van der Waals surface area contributed by atoms with E-state index in [1.54, 1.807) is 0 Å². The van der Waals surface area contributed by atoms with Crippen LogP contribution < -0.4 is 19.5 Å². The Kier molecular flexibility index (Phi) is 5.54. The first-order valence-corrected chi connectivity index (χ1v) is 9.69. The number of hydrogen-bond donors (Lipinski definition) is 2.